The van der Waals surface area contributed by atoms with E-state index in [4.69, 9.17) is 4.74 Å². The average molecular weight is 352 g/mol. The molecule has 5 rings (SSSR count). The van der Waals surface area contributed by atoms with Gasteiger partial charge < -0.3 is 19.5 Å². The zero-order valence-corrected chi connectivity index (χ0v) is 14.5. The Morgan fingerprint density at radius 3 is 2.73 bits per heavy atom. The molecule has 26 heavy (non-hydrogen) atoms. The van der Waals surface area contributed by atoms with Crippen LogP contribution in [0.15, 0.2) is 36.5 Å². The van der Waals surface area contributed by atoms with Crippen molar-refractivity contribution in [3.63, 3.8) is 0 Å². The summed E-state index contributed by atoms with van der Waals surface area (Å²) in [6.45, 7) is 4.91. The van der Waals surface area contributed by atoms with Crippen LogP contribution < -0.4 is 9.80 Å². The van der Waals surface area contributed by atoms with Crippen LogP contribution in [0.25, 0.3) is 10.9 Å². The maximum Gasteiger partial charge on any atom is 0.132 e. The quantitative estimate of drug-likeness (QED) is 0.770. The summed E-state index contributed by atoms with van der Waals surface area (Å²) in [6, 6.07) is 9.42. The zero-order chi connectivity index (χ0) is 17.5. The maximum atomic E-state index is 14.3. The van der Waals surface area contributed by atoms with Gasteiger partial charge in [0.25, 0.3) is 0 Å². The SMILES string of the molecule is Fc1cccc2[nH]c3c(c12)CN(c1ccc(N2CCOCC2)cn1)CC3. The average Bonchev–Trinajstić information content (AvgIpc) is 3.08. The first-order chi connectivity index (χ1) is 12.8. The van der Waals surface area contributed by atoms with Crippen molar-refractivity contribution < 1.29 is 9.13 Å². The van der Waals surface area contributed by atoms with Crippen molar-refractivity contribution in [2.24, 2.45) is 0 Å². The van der Waals surface area contributed by atoms with Gasteiger partial charge in [-0.15, -0.1) is 0 Å². The van der Waals surface area contributed by atoms with Crippen molar-refractivity contribution in [2.45, 2.75) is 13.0 Å². The van der Waals surface area contributed by atoms with Crippen LogP contribution in [-0.4, -0.2) is 42.8 Å². The molecule has 4 heterocycles. The number of H-pyrrole nitrogens is 1. The largest absolute Gasteiger partial charge is 0.378 e. The minimum Gasteiger partial charge on any atom is -0.378 e. The van der Waals surface area contributed by atoms with E-state index < -0.39 is 0 Å². The third kappa shape index (κ3) is 2.61. The summed E-state index contributed by atoms with van der Waals surface area (Å²) < 4.78 is 19.7. The van der Waals surface area contributed by atoms with E-state index in [0.717, 1.165) is 72.9 Å². The molecule has 1 fully saturated rings. The smallest absolute Gasteiger partial charge is 0.132 e. The van der Waals surface area contributed by atoms with E-state index in [9.17, 15) is 4.39 Å². The van der Waals surface area contributed by atoms with Crippen LogP contribution in [0, 0.1) is 5.82 Å². The third-order valence-corrected chi connectivity index (χ3v) is 5.38. The second-order valence-electron chi connectivity index (χ2n) is 6.89. The molecule has 5 nitrogen and oxygen atoms in total. The number of pyridine rings is 1. The molecule has 2 aliphatic rings. The minimum atomic E-state index is -0.155. The highest BCUT2D eigenvalue weighted by Gasteiger charge is 2.23. The number of benzene rings is 1. The first kappa shape index (κ1) is 15.6. The van der Waals surface area contributed by atoms with Gasteiger partial charge in [-0.3, -0.25) is 0 Å². The third-order valence-electron chi connectivity index (χ3n) is 5.38. The number of halogens is 1. The van der Waals surface area contributed by atoms with Crippen LogP contribution in [0.2, 0.25) is 0 Å². The van der Waals surface area contributed by atoms with Crippen molar-refractivity contribution in [3.05, 3.63) is 53.6 Å². The van der Waals surface area contributed by atoms with E-state index in [0.29, 0.717) is 6.54 Å². The van der Waals surface area contributed by atoms with Gasteiger partial charge in [0.2, 0.25) is 0 Å². The Kier molecular flexibility index (Phi) is 3.78. The second kappa shape index (κ2) is 6.29. The van der Waals surface area contributed by atoms with Gasteiger partial charge in [-0.2, -0.15) is 0 Å². The molecule has 2 aliphatic heterocycles. The van der Waals surface area contributed by atoms with Gasteiger partial charge >= 0.3 is 0 Å². The number of aromatic nitrogens is 2. The minimum absolute atomic E-state index is 0.155. The zero-order valence-electron chi connectivity index (χ0n) is 14.5. The summed E-state index contributed by atoms with van der Waals surface area (Å²) in [6.07, 6.45) is 2.81. The standard InChI is InChI=1S/C20H21FN4O/c21-16-2-1-3-18-20(16)15-13-25(7-6-17(15)23-18)19-5-4-14(12-22-19)24-8-10-26-11-9-24/h1-5,12,23H,6-11,13H2. The van der Waals surface area contributed by atoms with Gasteiger partial charge in [0.15, 0.2) is 0 Å². The lowest BCUT2D eigenvalue weighted by Gasteiger charge is -2.30. The van der Waals surface area contributed by atoms with E-state index >= 15 is 0 Å². The Bertz CT molecular complexity index is 931. The van der Waals surface area contributed by atoms with Crippen molar-refractivity contribution in [1.29, 1.82) is 0 Å². The number of nitrogens with one attached hydrogen (secondary N) is 1. The maximum absolute atomic E-state index is 14.3. The Morgan fingerprint density at radius 2 is 1.92 bits per heavy atom. The summed E-state index contributed by atoms with van der Waals surface area (Å²) in [5, 5.41) is 0.720. The molecular formula is C20H21FN4O. The molecule has 1 aromatic carbocycles. The molecule has 134 valence electrons. The summed E-state index contributed by atoms with van der Waals surface area (Å²) >= 11 is 0. The number of anilines is 2. The second-order valence-corrected chi connectivity index (χ2v) is 6.89. The number of ether oxygens (including phenoxy) is 1. The Morgan fingerprint density at radius 1 is 1.04 bits per heavy atom. The molecule has 0 unspecified atom stereocenters. The van der Waals surface area contributed by atoms with E-state index in [2.05, 4.69) is 31.9 Å². The summed E-state index contributed by atoms with van der Waals surface area (Å²) in [7, 11) is 0. The molecule has 0 atom stereocenters. The van der Waals surface area contributed by atoms with Crippen molar-refractivity contribution in [3.8, 4) is 0 Å². The lowest BCUT2D eigenvalue weighted by Crippen LogP contribution is -2.36. The summed E-state index contributed by atoms with van der Waals surface area (Å²) in [5.74, 6) is 0.788. The highest BCUT2D eigenvalue weighted by Crippen LogP contribution is 2.31. The molecule has 0 spiro atoms. The molecule has 0 aliphatic carbocycles. The van der Waals surface area contributed by atoms with E-state index in [1.807, 2.05) is 12.3 Å². The molecule has 0 bridgehead atoms. The number of aromatic amines is 1. The van der Waals surface area contributed by atoms with Gasteiger partial charge in [0.05, 0.1) is 25.1 Å². The Labute approximate surface area is 151 Å². The molecule has 0 amide bonds. The van der Waals surface area contributed by atoms with Gasteiger partial charge in [0.1, 0.15) is 11.6 Å². The molecule has 0 radical (unpaired) electrons. The topological polar surface area (TPSA) is 44.4 Å². The van der Waals surface area contributed by atoms with Gasteiger partial charge in [-0.05, 0) is 24.3 Å². The van der Waals surface area contributed by atoms with Crippen LogP contribution in [0.3, 0.4) is 0 Å². The normalized spacial score (nSPS) is 17.6. The number of nitrogens with zero attached hydrogens (tertiary/aromatic N) is 3. The Hall–Kier alpha value is -2.60. The summed E-state index contributed by atoms with van der Waals surface area (Å²) in [5.41, 5.74) is 4.22. The molecule has 1 N–H and O–H groups in total. The lowest BCUT2D eigenvalue weighted by molar-refractivity contribution is 0.122. The van der Waals surface area contributed by atoms with Crippen LogP contribution >= 0.6 is 0 Å². The fourth-order valence-corrected chi connectivity index (χ4v) is 4.00. The highest BCUT2D eigenvalue weighted by molar-refractivity contribution is 5.86. The molecule has 6 heteroatoms. The molecule has 1 saturated heterocycles. The number of hydrogen-bond acceptors (Lipinski definition) is 4. The predicted octanol–water partition coefficient (Wildman–Crippen LogP) is 3.10. The fraction of sp³-hybridized carbons (Fsp3) is 0.350. The molecular weight excluding hydrogens is 331 g/mol. The van der Waals surface area contributed by atoms with Crippen LogP contribution in [0.4, 0.5) is 15.9 Å². The van der Waals surface area contributed by atoms with E-state index in [-0.39, 0.29) is 5.82 Å². The van der Waals surface area contributed by atoms with Gasteiger partial charge in [-0.25, -0.2) is 9.37 Å². The van der Waals surface area contributed by atoms with Gasteiger partial charge in [0, 0.05) is 54.8 Å². The first-order valence-corrected chi connectivity index (χ1v) is 9.11. The van der Waals surface area contributed by atoms with Crippen molar-refractivity contribution in [2.75, 3.05) is 42.6 Å². The number of hydrogen-bond donors (Lipinski definition) is 1. The lowest BCUT2D eigenvalue weighted by atomic mass is 10.0. The molecule has 2 aromatic heterocycles. The number of morpholine rings is 1. The molecule has 3 aromatic rings. The fourth-order valence-electron chi connectivity index (χ4n) is 4.00. The molecule has 0 saturated carbocycles. The monoisotopic (exact) mass is 352 g/mol. The Balaban J connectivity index is 1.41. The predicted molar refractivity (Wildman–Crippen MR) is 100 cm³/mol. The number of rotatable bonds is 2. The van der Waals surface area contributed by atoms with E-state index in [1.165, 1.54) is 6.07 Å². The van der Waals surface area contributed by atoms with Crippen LogP contribution in [0.1, 0.15) is 11.3 Å². The van der Waals surface area contributed by atoms with E-state index in [1.54, 1.807) is 6.07 Å². The van der Waals surface area contributed by atoms with Crippen LogP contribution in [0.5, 0.6) is 0 Å². The summed E-state index contributed by atoms with van der Waals surface area (Å²) in [4.78, 5) is 12.6. The first-order valence-electron chi connectivity index (χ1n) is 9.11. The van der Waals surface area contributed by atoms with Gasteiger partial charge in [-0.1, -0.05) is 6.07 Å². The van der Waals surface area contributed by atoms with Crippen LogP contribution in [-0.2, 0) is 17.7 Å². The van der Waals surface area contributed by atoms with Crippen molar-refractivity contribution in [1.82, 2.24) is 9.97 Å². The highest BCUT2D eigenvalue weighted by atomic mass is 19.1. The van der Waals surface area contributed by atoms with Crippen molar-refractivity contribution >= 4 is 22.4 Å². The number of fused-ring (bicyclic) bond motifs is 3.